The van der Waals surface area contributed by atoms with Crippen LogP contribution in [0.15, 0.2) is 42.0 Å². The monoisotopic (exact) mass is 194 g/mol. The Labute approximate surface area is 91.3 Å². The first-order valence-electron chi connectivity index (χ1n) is 5.24. The average molecular weight is 194 g/mol. The Kier molecular flexibility index (Phi) is 2.74. The third-order valence-corrected chi connectivity index (χ3v) is 2.67. The summed E-state index contributed by atoms with van der Waals surface area (Å²) >= 11 is 0. The molecule has 15 heavy (non-hydrogen) atoms. The number of hydrogen-bond donors (Lipinski definition) is 0. The zero-order valence-electron chi connectivity index (χ0n) is 8.96. The number of terminal acetylenes is 1. The van der Waals surface area contributed by atoms with Crippen molar-refractivity contribution in [1.82, 2.24) is 0 Å². The molecule has 0 amide bonds. The SMILES string of the molecule is C#Cc1cccc(C2=CCCC(C)=C2)c1. The largest absolute Gasteiger partial charge is 0.115 e. The van der Waals surface area contributed by atoms with Crippen LogP contribution in [0.5, 0.6) is 0 Å². The van der Waals surface area contributed by atoms with E-state index >= 15 is 0 Å². The van der Waals surface area contributed by atoms with Gasteiger partial charge in [0.1, 0.15) is 0 Å². The maximum Gasteiger partial charge on any atom is 0.0248 e. The molecular weight excluding hydrogens is 180 g/mol. The molecule has 0 nitrogen and oxygen atoms in total. The molecule has 0 aromatic heterocycles. The summed E-state index contributed by atoms with van der Waals surface area (Å²) in [6.45, 7) is 2.18. The third-order valence-electron chi connectivity index (χ3n) is 2.67. The number of rotatable bonds is 1. The molecule has 2 rings (SSSR count). The van der Waals surface area contributed by atoms with E-state index < -0.39 is 0 Å². The van der Waals surface area contributed by atoms with E-state index in [-0.39, 0.29) is 0 Å². The van der Waals surface area contributed by atoms with E-state index in [2.05, 4.69) is 37.1 Å². The molecule has 0 heteroatoms. The van der Waals surface area contributed by atoms with Gasteiger partial charge in [-0.3, -0.25) is 0 Å². The van der Waals surface area contributed by atoms with Gasteiger partial charge in [-0.15, -0.1) is 6.42 Å². The van der Waals surface area contributed by atoms with Crippen molar-refractivity contribution >= 4 is 5.57 Å². The zero-order valence-corrected chi connectivity index (χ0v) is 8.96. The molecule has 0 atom stereocenters. The van der Waals surface area contributed by atoms with E-state index in [4.69, 9.17) is 6.42 Å². The molecule has 1 aromatic rings. The van der Waals surface area contributed by atoms with Crippen LogP contribution in [-0.4, -0.2) is 0 Å². The van der Waals surface area contributed by atoms with Gasteiger partial charge in [0.2, 0.25) is 0 Å². The quantitative estimate of drug-likeness (QED) is 0.597. The van der Waals surface area contributed by atoms with Crippen LogP contribution in [0.25, 0.3) is 5.57 Å². The molecule has 1 aromatic carbocycles. The van der Waals surface area contributed by atoms with Crippen molar-refractivity contribution in [3.8, 4) is 12.3 Å². The molecular formula is C15H14. The second kappa shape index (κ2) is 4.19. The molecule has 74 valence electrons. The van der Waals surface area contributed by atoms with Crippen molar-refractivity contribution in [2.45, 2.75) is 19.8 Å². The van der Waals surface area contributed by atoms with Crippen LogP contribution in [0.4, 0.5) is 0 Å². The van der Waals surface area contributed by atoms with Crippen LogP contribution in [0.1, 0.15) is 30.9 Å². The average Bonchev–Trinajstić information content (AvgIpc) is 2.29. The lowest BCUT2D eigenvalue weighted by molar-refractivity contribution is 0.966. The van der Waals surface area contributed by atoms with Gasteiger partial charge in [-0.25, -0.2) is 0 Å². The summed E-state index contributed by atoms with van der Waals surface area (Å²) < 4.78 is 0. The molecule has 1 aliphatic carbocycles. The highest BCUT2D eigenvalue weighted by molar-refractivity contribution is 5.76. The topological polar surface area (TPSA) is 0 Å². The first-order valence-corrected chi connectivity index (χ1v) is 5.24. The van der Waals surface area contributed by atoms with Crippen molar-refractivity contribution in [3.05, 3.63) is 53.1 Å². The summed E-state index contributed by atoms with van der Waals surface area (Å²) in [7, 11) is 0. The van der Waals surface area contributed by atoms with Crippen molar-refractivity contribution < 1.29 is 0 Å². The first-order chi connectivity index (χ1) is 7.29. The summed E-state index contributed by atoms with van der Waals surface area (Å²) in [5, 5.41) is 0. The second-order valence-electron chi connectivity index (χ2n) is 3.91. The molecule has 0 N–H and O–H groups in total. The minimum Gasteiger partial charge on any atom is -0.115 e. The molecule has 0 saturated heterocycles. The maximum atomic E-state index is 5.39. The van der Waals surface area contributed by atoms with E-state index in [1.54, 1.807) is 0 Å². The Morgan fingerprint density at radius 3 is 2.93 bits per heavy atom. The predicted octanol–water partition coefficient (Wildman–Crippen LogP) is 3.79. The lowest BCUT2D eigenvalue weighted by atomic mass is 9.94. The minimum atomic E-state index is 0.949. The lowest BCUT2D eigenvalue weighted by Crippen LogP contribution is -1.90. The first kappa shape index (κ1) is 9.80. The van der Waals surface area contributed by atoms with Gasteiger partial charge in [-0.05, 0) is 43.0 Å². The normalized spacial score (nSPS) is 15.2. The van der Waals surface area contributed by atoms with Gasteiger partial charge in [0, 0.05) is 5.56 Å². The Bertz CT molecular complexity index is 467. The van der Waals surface area contributed by atoms with Gasteiger partial charge in [0.05, 0.1) is 0 Å². The van der Waals surface area contributed by atoms with Crippen molar-refractivity contribution in [2.75, 3.05) is 0 Å². The van der Waals surface area contributed by atoms with Crippen LogP contribution in [0, 0.1) is 12.3 Å². The molecule has 0 bridgehead atoms. The van der Waals surface area contributed by atoms with Crippen molar-refractivity contribution in [1.29, 1.82) is 0 Å². The number of allylic oxidation sites excluding steroid dienone is 4. The zero-order chi connectivity index (χ0) is 10.7. The van der Waals surface area contributed by atoms with Crippen LogP contribution >= 0.6 is 0 Å². The molecule has 0 heterocycles. The highest BCUT2D eigenvalue weighted by Gasteiger charge is 2.04. The van der Waals surface area contributed by atoms with E-state index in [9.17, 15) is 0 Å². The maximum absolute atomic E-state index is 5.39. The van der Waals surface area contributed by atoms with E-state index in [0.717, 1.165) is 12.0 Å². The number of hydrogen-bond acceptors (Lipinski definition) is 0. The van der Waals surface area contributed by atoms with E-state index in [1.165, 1.54) is 23.1 Å². The Morgan fingerprint density at radius 2 is 2.20 bits per heavy atom. The van der Waals surface area contributed by atoms with Crippen LogP contribution in [0.2, 0.25) is 0 Å². The molecule has 0 spiro atoms. The fraction of sp³-hybridized carbons (Fsp3) is 0.200. The standard InChI is InChI=1S/C15H14/c1-3-13-7-5-9-15(11-13)14-8-4-6-12(2)10-14/h1,5,7-11H,4,6H2,2H3. The molecule has 0 fully saturated rings. The summed E-state index contributed by atoms with van der Waals surface area (Å²) in [6.07, 6.45) is 12.2. The van der Waals surface area contributed by atoms with E-state index in [1.807, 2.05) is 12.1 Å². The molecule has 0 unspecified atom stereocenters. The summed E-state index contributed by atoms with van der Waals surface area (Å²) in [6, 6.07) is 8.16. The Hall–Kier alpha value is -1.74. The molecule has 0 aliphatic heterocycles. The van der Waals surface area contributed by atoms with Crippen LogP contribution < -0.4 is 0 Å². The smallest absolute Gasteiger partial charge is 0.0248 e. The highest BCUT2D eigenvalue weighted by atomic mass is 14.1. The lowest BCUT2D eigenvalue weighted by Gasteiger charge is -2.11. The highest BCUT2D eigenvalue weighted by Crippen LogP contribution is 2.25. The Morgan fingerprint density at radius 1 is 1.33 bits per heavy atom. The van der Waals surface area contributed by atoms with Crippen molar-refractivity contribution in [2.24, 2.45) is 0 Å². The van der Waals surface area contributed by atoms with Gasteiger partial charge in [-0.2, -0.15) is 0 Å². The van der Waals surface area contributed by atoms with E-state index in [0.29, 0.717) is 0 Å². The van der Waals surface area contributed by atoms with Crippen LogP contribution in [0.3, 0.4) is 0 Å². The van der Waals surface area contributed by atoms with Gasteiger partial charge < -0.3 is 0 Å². The summed E-state index contributed by atoms with van der Waals surface area (Å²) in [4.78, 5) is 0. The van der Waals surface area contributed by atoms with Crippen molar-refractivity contribution in [3.63, 3.8) is 0 Å². The summed E-state index contributed by atoms with van der Waals surface area (Å²) in [5.41, 5.74) is 4.92. The fourth-order valence-electron chi connectivity index (χ4n) is 1.84. The molecule has 0 radical (unpaired) electrons. The summed E-state index contributed by atoms with van der Waals surface area (Å²) in [5.74, 6) is 2.67. The van der Waals surface area contributed by atoms with Crippen LogP contribution in [-0.2, 0) is 0 Å². The van der Waals surface area contributed by atoms with Gasteiger partial charge in [0.25, 0.3) is 0 Å². The van der Waals surface area contributed by atoms with Gasteiger partial charge in [-0.1, -0.05) is 35.8 Å². The number of benzene rings is 1. The minimum absolute atomic E-state index is 0.949. The Balaban J connectivity index is 2.38. The van der Waals surface area contributed by atoms with Gasteiger partial charge in [0.15, 0.2) is 0 Å². The predicted molar refractivity (Wildman–Crippen MR) is 65.3 cm³/mol. The fourth-order valence-corrected chi connectivity index (χ4v) is 1.84. The molecule has 0 saturated carbocycles. The molecule has 1 aliphatic rings. The second-order valence-corrected chi connectivity index (χ2v) is 3.91. The van der Waals surface area contributed by atoms with Gasteiger partial charge >= 0.3 is 0 Å². The third kappa shape index (κ3) is 2.19.